The number of methoxy groups -OCH3 is 1. The van der Waals surface area contributed by atoms with Crippen LogP contribution in [0.4, 0.5) is 0 Å². The molecule has 0 saturated heterocycles. The minimum Gasteiger partial charge on any atom is -0.456 e. The van der Waals surface area contributed by atoms with Crippen molar-refractivity contribution >= 4 is 5.91 Å². The third-order valence-electron chi connectivity index (χ3n) is 3.35. The smallest absolute Gasteiger partial charge is 0.287 e. The maximum atomic E-state index is 12.2. The Bertz CT molecular complexity index is 406. The summed E-state index contributed by atoms with van der Waals surface area (Å²) < 4.78 is 10.8. The van der Waals surface area contributed by atoms with Crippen LogP contribution in [0.15, 0.2) is 10.5 Å². The zero-order chi connectivity index (χ0) is 15.0. The number of ether oxygens (including phenoxy) is 1. The van der Waals surface area contributed by atoms with E-state index in [0.717, 1.165) is 43.4 Å². The fourth-order valence-electron chi connectivity index (χ4n) is 2.40. The molecule has 114 valence electrons. The average molecular weight is 281 g/mol. The van der Waals surface area contributed by atoms with Crippen LogP contribution in [0.25, 0.3) is 0 Å². The molecule has 20 heavy (non-hydrogen) atoms. The third-order valence-corrected chi connectivity index (χ3v) is 3.35. The van der Waals surface area contributed by atoms with Crippen molar-refractivity contribution in [2.45, 2.75) is 65.5 Å². The first-order valence-corrected chi connectivity index (χ1v) is 7.57. The Hall–Kier alpha value is -1.29. The summed E-state index contributed by atoms with van der Waals surface area (Å²) in [5, 5.41) is 3.07. The van der Waals surface area contributed by atoms with Gasteiger partial charge in [0.05, 0.1) is 6.61 Å². The Balaban J connectivity index is 2.75. The largest absolute Gasteiger partial charge is 0.456 e. The van der Waals surface area contributed by atoms with Gasteiger partial charge >= 0.3 is 0 Å². The van der Waals surface area contributed by atoms with Crippen LogP contribution < -0.4 is 5.32 Å². The lowest BCUT2D eigenvalue weighted by molar-refractivity contribution is 0.0902. The molecule has 1 aromatic heterocycles. The van der Waals surface area contributed by atoms with Gasteiger partial charge in [0.2, 0.25) is 0 Å². The molecular weight excluding hydrogens is 254 g/mol. The first-order chi connectivity index (χ1) is 9.65. The zero-order valence-electron chi connectivity index (χ0n) is 13.1. The van der Waals surface area contributed by atoms with Crippen molar-refractivity contribution in [1.82, 2.24) is 5.32 Å². The van der Waals surface area contributed by atoms with Gasteiger partial charge in [0, 0.05) is 25.1 Å². The van der Waals surface area contributed by atoms with Gasteiger partial charge in [-0.3, -0.25) is 4.79 Å². The molecular formula is C16H27NO3. The van der Waals surface area contributed by atoms with E-state index in [1.807, 2.05) is 6.92 Å². The van der Waals surface area contributed by atoms with Crippen LogP contribution in [0.1, 0.15) is 68.3 Å². The number of rotatable bonds is 9. The molecule has 0 aliphatic carbocycles. The van der Waals surface area contributed by atoms with E-state index in [-0.39, 0.29) is 11.9 Å². The van der Waals surface area contributed by atoms with Crippen LogP contribution in [0.2, 0.25) is 0 Å². The molecule has 1 heterocycles. The number of aryl methyl sites for hydroxylation is 1. The second kappa shape index (κ2) is 8.80. The summed E-state index contributed by atoms with van der Waals surface area (Å²) in [4.78, 5) is 12.2. The SMILES string of the molecule is CCCC(CCC)NC(=O)c1cc(COC)c(CC)o1. The summed E-state index contributed by atoms with van der Waals surface area (Å²) in [6.07, 6.45) is 4.91. The van der Waals surface area contributed by atoms with E-state index in [1.54, 1.807) is 13.2 Å². The van der Waals surface area contributed by atoms with Gasteiger partial charge in [0.25, 0.3) is 5.91 Å². The standard InChI is InChI=1S/C16H27NO3/c1-5-8-13(9-6-2)17-16(18)15-10-12(11-19-4)14(7-3)20-15/h10,13H,5-9,11H2,1-4H3,(H,17,18). The Kier molecular flexibility index (Phi) is 7.37. The molecule has 0 fully saturated rings. The molecule has 0 unspecified atom stereocenters. The summed E-state index contributed by atoms with van der Waals surface area (Å²) in [6.45, 7) is 6.76. The predicted molar refractivity (Wildman–Crippen MR) is 79.9 cm³/mol. The lowest BCUT2D eigenvalue weighted by Crippen LogP contribution is -2.34. The number of nitrogens with one attached hydrogen (secondary N) is 1. The van der Waals surface area contributed by atoms with Gasteiger partial charge in [-0.25, -0.2) is 0 Å². The van der Waals surface area contributed by atoms with Crippen LogP contribution in [-0.2, 0) is 17.8 Å². The maximum absolute atomic E-state index is 12.2. The Morgan fingerprint density at radius 1 is 1.30 bits per heavy atom. The number of furan rings is 1. The van der Waals surface area contributed by atoms with Crippen molar-refractivity contribution in [3.8, 4) is 0 Å². The van der Waals surface area contributed by atoms with Crippen molar-refractivity contribution in [2.75, 3.05) is 7.11 Å². The van der Waals surface area contributed by atoms with Gasteiger partial charge in [0.15, 0.2) is 5.76 Å². The molecule has 1 N–H and O–H groups in total. The second-order valence-electron chi connectivity index (χ2n) is 5.09. The Labute approximate surface area is 121 Å². The molecule has 0 saturated carbocycles. The topological polar surface area (TPSA) is 51.5 Å². The fraction of sp³-hybridized carbons (Fsp3) is 0.688. The van der Waals surface area contributed by atoms with Crippen LogP contribution in [-0.4, -0.2) is 19.1 Å². The molecule has 1 aromatic rings. The number of hydrogen-bond acceptors (Lipinski definition) is 3. The van der Waals surface area contributed by atoms with E-state index >= 15 is 0 Å². The minimum atomic E-state index is -0.117. The van der Waals surface area contributed by atoms with Crippen molar-refractivity contribution in [3.05, 3.63) is 23.2 Å². The molecule has 0 aliphatic heterocycles. The lowest BCUT2D eigenvalue weighted by atomic mass is 10.1. The van der Waals surface area contributed by atoms with Gasteiger partial charge in [-0.2, -0.15) is 0 Å². The highest BCUT2D eigenvalue weighted by Crippen LogP contribution is 2.18. The van der Waals surface area contributed by atoms with Crippen LogP contribution in [0.5, 0.6) is 0 Å². The van der Waals surface area contributed by atoms with Crippen LogP contribution >= 0.6 is 0 Å². The molecule has 1 amide bonds. The van der Waals surface area contributed by atoms with E-state index < -0.39 is 0 Å². The van der Waals surface area contributed by atoms with Crippen molar-refractivity contribution in [2.24, 2.45) is 0 Å². The highest BCUT2D eigenvalue weighted by Gasteiger charge is 2.18. The van der Waals surface area contributed by atoms with Crippen molar-refractivity contribution in [1.29, 1.82) is 0 Å². The third kappa shape index (κ3) is 4.67. The van der Waals surface area contributed by atoms with Crippen LogP contribution in [0, 0.1) is 0 Å². The van der Waals surface area contributed by atoms with Gasteiger partial charge in [0.1, 0.15) is 5.76 Å². The average Bonchev–Trinajstić information content (AvgIpc) is 2.83. The normalized spacial score (nSPS) is 11.1. The zero-order valence-corrected chi connectivity index (χ0v) is 13.1. The Morgan fingerprint density at radius 3 is 2.45 bits per heavy atom. The van der Waals surface area contributed by atoms with E-state index in [4.69, 9.17) is 9.15 Å². The van der Waals surface area contributed by atoms with E-state index in [2.05, 4.69) is 19.2 Å². The summed E-state index contributed by atoms with van der Waals surface area (Å²) in [7, 11) is 1.64. The summed E-state index contributed by atoms with van der Waals surface area (Å²) in [5.74, 6) is 1.11. The molecule has 0 bridgehead atoms. The molecule has 0 aliphatic rings. The Morgan fingerprint density at radius 2 is 1.95 bits per heavy atom. The predicted octanol–water partition coefficient (Wildman–Crippen LogP) is 3.69. The van der Waals surface area contributed by atoms with E-state index in [9.17, 15) is 4.79 Å². The van der Waals surface area contributed by atoms with E-state index in [0.29, 0.717) is 12.4 Å². The second-order valence-corrected chi connectivity index (χ2v) is 5.09. The molecule has 4 nitrogen and oxygen atoms in total. The molecule has 1 rings (SSSR count). The minimum absolute atomic E-state index is 0.117. The molecule has 0 spiro atoms. The maximum Gasteiger partial charge on any atom is 0.287 e. The highest BCUT2D eigenvalue weighted by atomic mass is 16.5. The number of hydrogen-bond donors (Lipinski definition) is 1. The first-order valence-electron chi connectivity index (χ1n) is 7.57. The number of amides is 1. The van der Waals surface area contributed by atoms with Crippen molar-refractivity contribution in [3.63, 3.8) is 0 Å². The van der Waals surface area contributed by atoms with Gasteiger partial charge in [-0.05, 0) is 18.9 Å². The lowest BCUT2D eigenvalue weighted by Gasteiger charge is -2.16. The fourth-order valence-corrected chi connectivity index (χ4v) is 2.40. The quantitative estimate of drug-likeness (QED) is 0.751. The van der Waals surface area contributed by atoms with Gasteiger partial charge in [-0.1, -0.05) is 33.6 Å². The van der Waals surface area contributed by atoms with Gasteiger partial charge < -0.3 is 14.5 Å². The molecule has 0 aromatic carbocycles. The monoisotopic (exact) mass is 281 g/mol. The first kappa shape index (κ1) is 16.8. The van der Waals surface area contributed by atoms with Crippen LogP contribution in [0.3, 0.4) is 0 Å². The number of carbonyl (C=O) groups is 1. The molecule has 0 atom stereocenters. The number of carbonyl (C=O) groups excluding carboxylic acids is 1. The van der Waals surface area contributed by atoms with Crippen molar-refractivity contribution < 1.29 is 13.9 Å². The summed E-state index contributed by atoms with van der Waals surface area (Å²) >= 11 is 0. The summed E-state index contributed by atoms with van der Waals surface area (Å²) in [5.41, 5.74) is 0.961. The highest BCUT2D eigenvalue weighted by molar-refractivity contribution is 5.92. The molecule has 0 radical (unpaired) electrons. The van der Waals surface area contributed by atoms with Gasteiger partial charge in [-0.15, -0.1) is 0 Å². The summed E-state index contributed by atoms with van der Waals surface area (Å²) in [6, 6.07) is 2.03. The molecule has 4 heteroatoms. The van der Waals surface area contributed by atoms with E-state index in [1.165, 1.54) is 0 Å².